The number of aliphatic hydroxyl groups excluding tert-OH is 1. The van der Waals surface area contributed by atoms with E-state index in [0.29, 0.717) is 30.3 Å². The van der Waals surface area contributed by atoms with Crippen LogP contribution in [0.15, 0.2) is 18.2 Å². The maximum atomic E-state index is 10.5. The number of hydrogen-bond donors (Lipinski definition) is 3. The van der Waals surface area contributed by atoms with Crippen molar-refractivity contribution in [2.24, 2.45) is 0 Å². The molecule has 6 heteroatoms. The monoisotopic (exact) mass is 281 g/mol. The van der Waals surface area contributed by atoms with Gasteiger partial charge in [-0.05, 0) is 24.6 Å². The molecule has 1 aliphatic rings. The Morgan fingerprint density at radius 3 is 2.75 bits per heavy atom. The average Bonchev–Trinajstić information content (AvgIpc) is 2.68. The van der Waals surface area contributed by atoms with Crippen molar-refractivity contribution in [1.82, 2.24) is 5.32 Å². The fourth-order valence-electron chi connectivity index (χ4n) is 2.01. The first kappa shape index (κ1) is 14.6. The van der Waals surface area contributed by atoms with E-state index in [4.69, 9.17) is 14.6 Å². The van der Waals surface area contributed by atoms with Gasteiger partial charge in [-0.1, -0.05) is 6.07 Å². The van der Waals surface area contributed by atoms with Crippen molar-refractivity contribution in [2.75, 3.05) is 19.8 Å². The quantitative estimate of drug-likeness (QED) is 0.744. The number of fused-ring (bicyclic) bond motifs is 1. The summed E-state index contributed by atoms with van der Waals surface area (Å²) in [6.45, 7) is 2.74. The Bertz CT molecular complexity index is 477. The largest absolute Gasteiger partial charge is 0.490 e. The van der Waals surface area contributed by atoms with Gasteiger partial charge < -0.3 is 25.0 Å². The molecule has 3 N–H and O–H groups in total. The minimum Gasteiger partial charge on any atom is -0.490 e. The summed E-state index contributed by atoms with van der Waals surface area (Å²) in [6, 6.07) is 4.89. The number of hydrogen-bond acceptors (Lipinski definition) is 5. The van der Waals surface area contributed by atoms with Crippen LogP contribution in [-0.2, 0) is 4.79 Å². The van der Waals surface area contributed by atoms with Crippen LogP contribution in [0.5, 0.6) is 11.5 Å². The van der Waals surface area contributed by atoms with Gasteiger partial charge in [0.25, 0.3) is 0 Å². The molecule has 2 rings (SSSR count). The van der Waals surface area contributed by atoms with Crippen molar-refractivity contribution in [3.8, 4) is 11.5 Å². The Morgan fingerprint density at radius 2 is 2.05 bits per heavy atom. The second-order valence-corrected chi connectivity index (χ2v) is 4.76. The Kier molecular flexibility index (Phi) is 4.81. The van der Waals surface area contributed by atoms with Crippen LogP contribution >= 0.6 is 0 Å². The molecule has 20 heavy (non-hydrogen) atoms. The number of aliphatic hydroxyl groups is 1. The molecule has 2 unspecified atom stereocenters. The highest BCUT2D eigenvalue weighted by Gasteiger charge is 2.19. The summed E-state index contributed by atoms with van der Waals surface area (Å²) in [4.78, 5) is 10.5. The maximum absolute atomic E-state index is 10.5. The van der Waals surface area contributed by atoms with Gasteiger partial charge in [0.2, 0.25) is 0 Å². The van der Waals surface area contributed by atoms with Gasteiger partial charge in [-0.25, -0.2) is 0 Å². The van der Waals surface area contributed by atoms with Crippen LogP contribution in [0.1, 0.15) is 25.0 Å². The normalized spacial score (nSPS) is 17.1. The van der Waals surface area contributed by atoms with E-state index in [1.54, 1.807) is 25.1 Å². The fourth-order valence-corrected chi connectivity index (χ4v) is 2.01. The van der Waals surface area contributed by atoms with Crippen LogP contribution in [0.4, 0.5) is 0 Å². The smallest absolute Gasteiger partial charge is 0.317 e. The summed E-state index contributed by atoms with van der Waals surface area (Å²) >= 11 is 0. The van der Waals surface area contributed by atoms with E-state index in [9.17, 15) is 9.90 Å². The molecule has 0 bridgehead atoms. The van der Waals surface area contributed by atoms with Crippen molar-refractivity contribution in [3.63, 3.8) is 0 Å². The number of rotatable bonds is 5. The van der Waals surface area contributed by atoms with Gasteiger partial charge in [-0.15, -0.1) is 0 Å². The van der Waals surface area contributed by atoms with Crippen LogP contribution in [0.3, 0.4) is 0 Å². The van der Waals surface area contributed by atoms with Crippen molar-refractivity contribution < 1.29 is 24.5 Å². The first-order chi connectivity index (χ1) is 9.58. The number of carboxylic acid groups (broad SMARTS) is 1. The summed E-state index contributed by atoms with van der Waals surface area (Å²) in [5.41, 5.74) is 0.666. The lowest BCUT2D eigenvalue weighted by atomic mass is 10.0. The second-order valence-electron chi connectivity index (χ2n) is 4.76. The van der Waals surface area contributed by atoms with Crippen molar-refractivity contribution in [3.05, 3.63) is 23.8 Å². The summed E-state index contributed by atoms with van der Waals surface area (Å²) in [6.07, 6.45) is 0.00913. The standard InChI is InChI=1S/C14H19NO5/c1-9(15-8-13(16)17)14(18)10-3-4-11-12(7-10)20-6-2-5-19-11/h3-4,7,9,14-15,18H,2,5-6,8H2,1H3,(H,16,17). The molecule has 1 aromatic carbocycles. The third-order valence-corrected chi connectivity index (χ3v) is 3.16. The van der Waals surface area contributed by atoms with E-state index < -0.39 is 12.1 Å². The van der Waals surface area contributed by atoms with Crippen LogP contribution in [0.2, 0.25) is 0 Å². The lowest BCUT2D eigenvalue weighted by molar-refractivity contribution is -0.136. The predicted octanol–water partition coefficient (Wildman–Crippen LogP) is 0.944. The molecule has 0 fully saturated rings. The molecule has 0 spiro atoms. The molecule has 0 saturated heterocycles. The number of carboxylic acids is 1. The summed E-state index contributed by atoms with van der Waals surface area (Å²) in [5, 5.41) is 21.6. The molecule has 0 aliphatic carbocycles. The molecule has 0 aromatic heterocycles. The van der Waals surface area contributed by atoms with Gasteiger partial charge in [0.05, 0.1) is 25.9 Å². The van der Waals surface area contributed by atoms with Crippen LogP contribution in [0.25, 0.3) is 0 Å². The highest BCUT2D eigenvalue weighted by atomic mass is 16.5. The molecule has 2 atom stereocenters. The number of nitrogens with one attached hydrogen (secondary N) is 1. The van der Waals surface area contributed by atoms with Crippen LogP contribution in [-0.4, -0.2) is 42.0 Å². The van der Waals surface area contributed by atoms with E-state index in [0.717, 1.165) is 6.42 Å². The van der Waals surface area contributed by atoms with Gasteiger partial charge >= 0.3 is 5.97 Å². The third-order valence-electron chi connectivity index (χ3n) is 3.16. The lowest BCUT2D eigenvalue weighted by Crippen LogP contribution is -2.35. The molecule has 0 radical (unpaired) electrons. The van der Waals surface area contributed by atoms with E-state index in [1.165, 1.54) is 0 Å². The highest BCUT2D eigenvalue weighted by molar-refractivity contribution is 5.69. The van der Waals surface area contributed by atoms with Crippen LogP contribution in [0, 0.1) is 0 Å². The van der Waals surface area contributed by atoms with Crippen molar-refractivity contribution in [1.29, 1.82) is 0 Å². The van der Waals surface area contributed by atoms with E-state index in [2.05, 4.69) is 5.32 Å². The molecule has 1 aliphatic heterocycles. The summed E-state index contributed by atoms with van der Waals surface area (Å²) < 4.78 is 11.1. The number of ether oxygens (including phenoxy) is 2. The average molecular weight is 281 g/mol. The molecule has 0 saturated carbocycles. The zero-order chi connectivity index (χ0) is 14.5. The third kappa shape index (κ3) is 3.61. The van der Waals surface area contributed by atoms with E-state index in [1.807, 2.05) is 0 Å². The van der Waals surface area contributed by atoms with Crippen molar-refractivity contribution in [2.45, 2.75) is 25.5 Å². The molecule has 6 nitrogen and oxygen atoms in total. The van der Waals surface area contributed by atoms with Crippen LogP contribution < -0.4 is 14.8 Å². The first-order valence-corrected chi connectivity index (χ1v) is 6.60. The zero-order valence-electron chi connectivity index (χ0n) is 11.3. The number of aliphatic carboxylic acids is 1. The van der Waals surface area contributed by atoms with E-state index >= 15 is 0 Å². The molecular formula is C14H19NO5. The molecule has 1 heterocycles. The Hall–Kier alpha value is -1.79. The Balaban J connectivity index is 2.08. The van der Waals surface area contributed by atoms with Gasteiger partial charge in [-0.2, -0.15) is 0 Å². The van der Waals surface area contributed by atoms with Gasteiger partial charge in [0, 0.05) is 12.5 Å². The number of benzene rings is 1. The van der Waals surface area contributed by atoms with E-state index in [-0.39, 0.29) is 12.6 Å². The highest BCUT2D eigenvalue weighted by Crippen LogP contribution is 2.32. The Labute approximate surface area is 117 Å². The number of carbonyl (C=O) groups is 1. The first-order valence-electron chi connectivity index (χ1n) is 6.60. The topological polar surface area (TPSA) is 88.0 Å². The molecular weight excluding hydrogens is 262 g/mol. The molecule has 0 amide bonds. The molecule has 110 valence electrons. The summed E-state index contributed by atoms with van der Waals surface area (Å²) in [5.74, 6) is 0.330. The summed E-state index contributed by atoms with van der Waals surface area (Å²) in [7, 11) is 0. The molecule has 1 aromatic rings. The minimum atomic E-state index is -0.956. The van der Waals surface area contributed by atoms with Gasteiger partial charge in [0.1, 0.15) is 0 Å². The Morgan fingerprint density at radius 1 is 1.35 bits per heavy atom. The zero-order valence-corrected chi connectivity index (χ0v) is 11.3. The maximum Gasteiger partial charge on any atom is 0.317 e. The fraction of sp³-hybridized carbons (Fsp3) is 0.500. The van der Waals surface area contributed by atoms with Gasteiger partial charge in [0.15, 0.2) is 11.5 Å². The lowest BCUT2D eigenvalue weighted by Gasteiger charge is -2.20. The SMILES string of the molecule is CC(NCC(=O)O)C(O)c1ccc2c(c1)OCCCO2. The predicted molar refractivity (Wildman–Crippen MR) is 72.1 cm³/mol. The minimum absolute atomic E-state index is 0.192. The van der Waals surface area contributed by atoms with Crippen molar-refractivity contribution >= 4 is 5.97 Å². The van der Waals surface area contributed by atoms with Gasteiger partial charge in [-0.3, -0.25) is 4.79 Å². The second kappa shape index (κ2) is 6.58.